The SMILES string of the molecule is C.CC(C)(C)C(C)(C)C.CCCC. The molecule has 0 aromatic carbocycles. The van der Waals surface area contributed by atoms with Gasteiger partial charge in [0.15, 0.2) is 0 Å². The molecule has 0 rings (SSSR count). The lowest BCUT2D eigenvalue weighted by atomic mass is 9.71. The Hall–Kier alpha value is 0. The lowest BCUT2D eigenvalue weighted by Crippen LogP contribution is -2.25. The molecule has 0 saturated carbocycles. The van der Waals surface area contributed by atoms with Crippen molar-refractivity contribution >= 4 is 0 Å². The maximum atomic E-state index is 2.27. The highest BCUT2D eigenvalue weighted by molar-refractivity contribution is 4.76. The van der Waals surface area contributed by atoms with E-state index in [9.17, 15) is 0 Å². The van der Waals surface area contributed by atoms with Gasteiger partial charge in [0.05, 0.1) is 0 Å². The largest absolute Gasteiger partial charge is 0.0776 e. The monoisotopic (exact) mass is 188 g/mol. The topological polar surface area (TPSA) is 0 Å². The third-order valence-corrected chi connectivity index (χ3v) is 2.75. The Balaban J connectivity index is -0.000000173. The Morgan fingerprint density at radius 2 is 0.769 bits per heavy atom. The zero-order chi connectivity index (χ0) is 10.4. The molecule has 0 fully saturated rings. The third-order valence-electron chi connectivity index (χ3n) is 2.75. The van der Waals surface area contributed by atoms with Crippen LogP contribution in [0.1, 0.15) is 75.7 Å². The summed E-state index contributed by atoms with van der Waals surface area (Å²) in [7, 11) is 0. The number of rotatable bonds is 1. The number of unbranched alkanes of at least 4 members (excludes halogenated alkanes) is 1. The summed E-state index contributed by atoms with van der Waals surface area (Å²) < 4.78 is 0. The van der Waals surface area contributed by atoms with Gasteiger partial charge in [0.2, 0.25) is 0 Å². The molecule has 13 heavy (non-hydrogen) atoms. The fraction of sp³-hybridized carbons (Fsp3) is 1.00. The molecule has 0 heteroatoms. The van der Waals surface area contributed by atoms with Crippen LogP contribution in [-0.2, 0) is 0 Å². The molecule has 0 aliphatic rings. The van der Waals surface area contributed by atoms with Crippen molar-refractivity contribution in [2.45, 2.75) is 75.7 Å². The van der Waals surface area contributed by atoms with Crippen molar-refractivity contribution < 1.29 is 0 Å². The zero-order valence-electron chi connectivity index (χ0n) is 10.4. The summed E-state index contributed by atoms with van der Waals surface area (Å²) in [6.07, 6.45) is 2.64. The van der Waals surface area contributed by atoms with Gasteiger partial charge in [0.25, 0.3) is 0 Å². The van der Waals surface area contributed by atoms with E-state index in [-0.39, 0.29) is 7.43 Å². The summed E-state index contributed by atoms with van der Waals surface area (Å²) in [6, 6.07) is 0. The van der Waals surface area contributed by atoms with Crippen LogP contribution in [-0.4, -0.2) is 0 Å². The van der Waals surface area contributed by atoms with Gasteiger partial charge in [-0.2, -0.15) is 0 Å². The molecule has 0 saturated heterocycles. The van der Waals surface area contributed by atoms with Crippen LogP contribution in [0, 0.1) is 10.8 Å². The molecule has 0 radical (unpaired) electrons. The van der Waals surface area contributed by atoms with Crippen LogP contribution in [0.3, 0.4) is 0 Å². The molecule has 0 aromatic rings. The van der Waals surface area contributed by atoms with Gasteiger partial charge >= 0.3 is 0 Å². The summed E-state index contributed by atoms with van der Waals surface area (Å²) in [6.45, 7) is 18.0. The van der Waals surface area contributed by atoms with Gasteiger partial charge in [0, 0.05) is 0 Å². The highest BCUT2D eigenvalue weighted by Crippen LogP contribution is 2.36. The van der Waals surface area contributed by atoms with Gasteiger partial charge in [-0.1, -0.05) is 75.7 Å². The predicted octanol–water partition coefficient (Wildman–Crippen LogP) is 5.52. The fourth-order valence-corrected chi connectivity index (χ4v) is 0. The van der Waals surface area contributed by atoms with Gasteiger partial charge in [0.1, 0.15) is 0 Å². The lowest BCUT2D eigenvalue weighted by Gasteiger charge is -2.34. The predicted molar refractivity (Wildman–Crippen MR) is 66.2 cm³/mol. The minimum atomic E-state index is 0. The minimum absolute atomic E-state index is 0. The Morgan fingerprint density at radius 1 is 0.615 bits per heavy atom. The Morgan fingerprint density at radius 3 is 0.769 bits per heavy atom. The molecular formula is C13H32. The summed E-state index contributed by atoms with van der Waals surface area (Å²) in [5.41, 5.74) is 0.875. The molecule has 0 aliphatic carbocycles. The van der Waals surface area contributed by atoms with Crippen LogP contribution in [0.2, 0.25) is 0 Å². The van der Waals surface area contributed by atoms with E-state index in [1.807, 2.05) is 0 Å². The normalized spacial score (nSPS) is 11.1. The smallest absolute Gasteiger partial charge is 0.0334 e. The van der Waals surface area contributed by atoms with Crippen molar-refractivity contribution in [2.75, 3.05) is 0 Å². The third kappa shape index (κ3) is 12.0. The van der Waals surface area contributed by atoms with E-state index in [2.05, 4.69) is 55.4 Å². The first-order chi connectivity index (χ1) is 5.16. The maximum Gasteiger partial charge on any atom is -0.0334 e. The average Bonchev–Trinajstić information content (AvgIpc) is 1.84. The van der Waals surface area contributed by atoms with E-state index in [1.165, 1.54) is 12.8 Å². The Labute approximate surface area is 87.1 Å². The number of hydrogen-bond acceptors (Lipinski definition) is 0. The van der Waals surface area contributed by atoms with Gasteiger partial charge < -0.3 is 0 Å². The van der Waals surface area contributed by atoms with Crippen molar-refractivity contribution in [2.24, 2.45) is 10.8 Å². The van der Waals surface area contributed by atoms with E-state index >= 15 is 0 Å². The Kier molecular flexibility index (Phi) is 10.7. The summed E-state index contributed by atoms with van der Waals surface area (Å²) in [5.74, 6) is 0. The van der Waals surface area contributed by atoms with Crippen LogP contribution in [0.4, 0.5) is 0 Å². The van der Waals surface area contributed by atoms with E-state index < -0.39 is 0 Å². The zero-order valence-corrected chi connectivity index (χ0v) is 10.4. The lowest BCUT2D eigenvalue weighted by molar-refractivity contribution is 0.157. The highest BCUT2D eigenvalue weighted by atomic mass is 14.3. The second-order valence-electron chi connectivity index (χ2n) is 5.50. The van der Waals surface area contributed by atoms with E-state index in [4.69, 9.17) is 0 Å². The average molecular weight is 188 g/mol. The highest BCUT2D eigenvalue weighted by Gasteiger charge is 2.26. The van der Waals surface area contributed by atoms with Crippen LogP contribution in [0.5, 0.6) is 0 Å². The molecule has 0 aromatic heterocycles. The van der Waals surface area contributed by atoms with Crippen molar-refractivity contribution in [1.82, 2.24) is 0 Å². The molecule has 0 spiro atoms. The van der Waals surface area contributed by atoms with Crippen molar-refractivity contribution in [3.63, 3.8) is 0 Å². The van der Waals surface area contributed by atoms with Crippen molar-refractivity contribution in [1.29, 1.82) is 0 Å². The second kappa shape index (κ2) is 7.41. The molecule has 0 bridgehead atoms. The van der Waals surface area contributed by atoms with Gasteiger partial charge in [-0.3, -0.25) is 0 Å². The first-order valence-corrected chi connectivity index (χ1v) is 5.16. The van der Waals surface area contributed by atoms with Crippen LogP contribution in [0.15, 0.2) is 0 Å². The van der Waals surface area contributed by atoms with E-state index in [0.717, 1.165) is 0 Å². The minimum Gasteiger partial charge on any atom is -0.0776 e. The fourth-order valence-electron chi connectivity index (χ4n) is 0. The molecule has 0 unspecified atom stereocenters. The summed E-state index contributed by atoms with van der Waals surface area (Å²) >= 11 is 0. The van der Waals surface area contributed by atoms with Crippen molar-refractivity contribution in [3.8, 4) is 0 Å². The molecule has 0 nitrogen and oxygen atoms in total. The van der Waals surface area contributed by atoms with Gasteiger partial charge in [-0.05, 0) is 10.8 Å². The Bertz CT molecular complexity index is 73.6. The maximum absolute atomic E-state index is 2.27. The molecular weight excluding hydrogens is 156 g/mol. The van der Waals surface area contributed by atoms with Gasteiger partial charge in [-0.25, -0.2) is 0 Å². The molecule has 0 heterocycles. The molecule has 0 aliphatic heterocycles. The summed E-state index contributed by atoms with van der Waals surface area (Å²) in [5, 5.41) is 0. The summed E-state index contributed by atoms with van der Waals surface area (Å²) in [4.78, 5) is 0. The first kappa shape index (κ1) is 18.7. The second-order valence-corrected chi connectivity index (χ2v) is 5.50. The standard InChI is InChI=1S/C8H18.C4H10.CH4/c1-7(2,3)8(4,5)6;1-3-4-2;/h1-6H3;3-4H2,1-2H3;1H4. The quantitative estimate of drug-likeness (QED) is 0.508. The van der Waals surface area contributed by atoms with E-state index in [0.29, 0.717) is 10.8 Å². The van der Waals surface area contributed by atoms with Crippen molar-refractivity contribution in [3.05, 3.63) is 0 Å². The van der Waals surface area contributed by atoms with E-state index in [1.54, 1.807) is 0 Å². The molecule has 0 atom stereocenters. The van der Waals surface area contributed by atoms with Crippen LogP contribution in [0.25, 0.3) is 0 Å². The molecule has 0 N–H and O–H groups in total. The first-order valence-electron chi connectivity index (χ1n) is 5.16. The molecule has 84 valence electrons. The van der Waals surface area contributed by atoms with Gasteiger partial charge in [-0.15, -0.1) is 0 Å². The molecule has 0 amide bonds. The van der Waals surface area contributed by atoms with Crippen LogP contribution < -0.4 is 0 Å². The van der Waals surface area contributed by atoms with Crippen LogP contribution >= 0.6 is 0 Å². The number of hydrogen-bond donors (Lipinski definition) is 0.